The van der Waals surface area contributed by atoms with Crippen LogP contribution in [0.3, 0.4) is 0 Å². The van der Waals surface area contributed by atoms with Crippen LogP contribution in [0.15, 0.2) is 212 Å². The van der Waals surface area contributed by atoms with Crippen LogP contribution < -0.4 is 0 Å². The number of nitrogens with zero attached hydrogens (tertiary/aromatic N) is 3. The monoisotopic (exact) mass is 825 g/mol. The van der Waals surface area contributed by atoms with Gasteiger partial charge in [0, 0.05) is 57.0 Å². The second-order valence-electron chi connectivity index (χ2n) is 15.6. The Balaban J connectivity index is 1.05. The number of thiophene rings is 2. The zero-order valence-corrected chi connectivity index (χ0v) is 35.0. The largest absolute Gasteiger partial charge is 0.208 e. The summed E-state index contributed by atoms with van der Waals surface area (Å²) in [6.07, 6.45) is 0. The molecule has 3 nitrogen and oxygen atoms in total. The molecule has 0 radical (unpaired) electrons. The highest BCUT2D eigenvalue weighted by Gasteiger charge is 2.17. The van der Waals surface area contributed by atoms with Crippen molar-refractivity contribution in [3.8, 4) is 78.7 Å². The maximum atomic E-state index is 5.19. The molecule has 3 aromatic heterocycles. The van der Waals surface area contributed by atoms with Gasteiger partial charge in [-0.05, 0) is 87.0 Å². The second-order valence-corrected chi connectivity index (χ2v) is 17.7. The standard InChI is InChI=1S/C57H35N3S2/c1-3-15-36(16-4-1)55-58-56(37-17-5-2-6-18-37)60-57(59-55)44-34-42(38-19-11-21-40(31-38)45-25-13-27-49-47-23-7-9-29-51(47)61-53(45)49)33-43(35-44)39-20-12-22-41(32-39)46-26-14-28-50-48-24-8-10-30-52(48)62-54(46)50/h1-35H. The lowest BCUT2D eigenvalue weighted by Gasteiger charge is -2.14. The van der Waals surface area contributed by atoms with E-state index in [1.54, 1.807) is 0 Å². The Kier molecular flexibility index (Phi) is 8.87. The van der Waals surface area contributed by atoms with Gasteiger partial charge in [-0.1, -0.05) is 170 Å². The molecule has 0 atom stereocenters. The van der Waals surface area contributed by atoms with Crippen LogP contribution in [0.5, 0.6) is 0 Å². The van der Waals surface area contributed by atoms with Crippen molar-refractivity contribution < 1.29 is 0 Å². The molecular formula is C57H35N3S2. The molecule has 0 amide bonds. The highest BCUT2D eigenvalue weighted by Crippen LogP contribution is 2.43. The summed E-state index contributed by atoms with van der Waals surface area (Å²) in [6, 6.07) is 75.9. The maximum Gasteiger partial charge on any atom is 0.164 e. The lowest BCUT2D eigenvalue weighted by Crippen LogP contribution is -2.00. The fourth-order valence-electron chi connectivity index (χ4n) is 8.71. The molecule has 0 aliphatic carbocycles. The van der Waals surface area contributed by atoms with E-state index >= 15 is 0 Å². The van der Waals surface area contributed by atoms with Gasteiger partial charge in [-0.25, -0.2) is 15.0 Å². The Morgan fingerprint density at radius 1 is 0.242 bits per heavy atom. The molecule has 0 spiro atoms. The average molecular weight is 826 g/mol. The van der Waals surface area contributed by atoms with Crippen molar-refractivity contribution in [1.82, 2.24) is 15.0 Å². The van der Waals surface area contributed by atoms with Crippen molar-refractivity contribution in [2.24, 2.45) is 0 Å². The van der Waals surface area contributed by atoms with E-state index < -0.39 is 0 Å². The van der Waals surface area contributed by atoms with E-state index in [0.29, 0.717) is 17.5 Å². The molecular weight excluding hydrogens is 791 g/mol. The first-order valence-corrected chi connectivity index (χ1v) is 22.4. The molecule has 0 N–H and O–H groups in total. The van der Waals surface area contributed by atoms with Crippen LogP contribution in [0.25, 0.3) is 119 Å². The van der Waals surface area contributed by atoms with Gasteiger partial charge in [0.25, 0.3) is 0 Å². The topological polar surface area (TPSA) is 38.7 Å². The number of hydrogen-bond acceptors (Lipinski definition) is 5. The molecule has 0 fully saturated rings. The summed E-state index contributed by atoms with van der Waals surface area (Å²) in [5.41, 5.74) is 12.1. The summed E-state index contributed by atoms with van der Waals surface area (Å²) >= 11 is 3.73. The molecule has 5 heteroatoms. The van der Waals surface area contributed by atoms with Crippen LogP contribution in [0.2, 0.25) is 0 Å². The Labute approximate surface area is 366 Å². The fourth-order valence-corrected chi connectivity index (χ4v) is 11.2. The molecule has 9 aromatic carbocycles. The SMILES string of the molecule is c1ccc(-c2nc(-c3ccccc3)nc(-c3cc(-c4cccc(-c5cccc6c5sc5ccccc56)c4)cc(-c4cccc(-c5cccc6c5sc5ccccc56)c4)c3)n2)cc1. The summed E-state index contributed by atoms with van der Waals surface area (Å²) in [7, 11) is 0. The van der Waals surface area contributed by atoms with Gasteiger partial charge in [0.1, 0.15) is 0 Å². The van der Waals surface area contributed by atoms with Crippen LogP contribution in [-0.4, -0.2) is 15.0 Å². The number of hydrogen-bond donors (Lipinski definition) is 0. The molecule has 62 heavy (non-hydrogen) atoms. The third-order valence-corrected chi connectivity index (χ3v) is 14.2. The Bertz CT molecular complexity index is 3410. The van der Waals surface area contributed by atoms with Crippen LogP contribution >= 0.6 is 22.7 Å². The minimum atomic E-state index is 0.623. The van der Waals surface area contributed by atoms with Gasteiger partial charge < -0.3 is 0 Å². The predicted octanol–water partition coefficient (Wildman–Crippen LogP) is 16.3. The van der Waals surface area contributed by atoms with Crippen molar-refractivity contribution in [3.05, 3.63) is 212 Å². The van der Waals surface area contributed by atoms with Gasteiger partial charge in [-0.3, -0.25) is 0 Å². The normalized spacial score (nSPS) is 11.5. The van der Waals surface area contributed by atoms with Crippen LogP contribution in [0, 0.1) is 0 Å². The minimum absolute atomic E-state index is 0.623. The van der Waals surface area contributed by atoms with Gasteiger partial charge >= 0.3 is 0 Å². The molecule has 12 rings (SSSR count). The number of fused-ring (bicyclic) bond motifs is 6. The van der Waals surface area contributed by atoms with Crippen molar-refractivity contribution in [2.45, 2.75) is 0 Å². The lowest BCUT2D eigenvalue weighted by molar-refractivity contribution is 1.07. The van der Waals surface area contributed by atoms with Crippen LogP contribution in [0.1, 0.15) is 0 Å². The van der Waals surface area contributed by atoms with Gasteiger partial charge in [-0.2, -0.15) is 0 Å². The summed E-state index contributed by atoms with van der Waals surface area (Å²) < 4.78 is 5.21. The van der Waals surface area contributed by atoms with E-state index in [1.165, 1.54) is 62.6 Å². The van der Waals surface area contributed by atoms with E-state index in [2.05, 4.69) is 176 Å². The molecule has 0 aliphatic rings. The number of benzene rings is 9. The highest BCUT2D eigenvalue weighted by molar-refractivity contribution is 7.26. The second kappa shape index (κ2) is 15.2. The summed E-state index contributed by atoms with van der Waals surface area (Å²) in [5, 5.41) is 5.19. The third kappa shape index (κ3) is 6.47. The van der Waals surface area contributed by atoms with Gasteiger partial charge in [0.2, 0.25) is 0 Å². The molecule has 3 heterocycles. The van der Waals surface area contributed by atoms with E-state index in [9.17, 15) is 0 Å². The van der Waals surface area contributed by atoms with Gasteiger partial charge in [0.15, 0.2) is 17.5 Å². The van der Waals surface area contributed by atoms with E-state index in [-0.39, 0.29) is 0 Å². The summed E-state index contributed by atoms with van der Waals surface area (Å²) in [4.78, 5) is 15.4. The Morgan fingerprint density at radius 2 is 0.581 bits per heavy atom. The highest BCUT2D eigenvalue weighted by atomic mass is 32.1. The van der Waals surface area contributed by atoms with Crippen molar-refractivity contribution in [3.63, 3.8) is 0 Å². The molecule has 0 aliphatic heterocycles. The van der Waals surface area contributed by atoms with E-state index in [0.717, 1.165) is 38.9 Å². The summed E-state index contributed by atoms with van der Waals surface area (Å²) in [6.45, 7) is 0. The molecule has 0 saturated carbocycles. The third-order valence-electron chi connectivity index (χ3n) is 11.7. The van der Waals surface area contributed by atoms with E-state index in [1.807, 2.05) is 59.1 Å². The molecule has 0 bridgehead atoms. The van der Waals surface area contributed by atoms with Crippen molar-refractivity contribution in [2.75, 3.05) is 0 Å². The Morgan fingerprint density at radius 3 is 1.06 bits per heavy atom. The first kappa shape index (κ1) is 36.3. The lowest BCUT2D eigenvalue weighted by atomic mass is 9.92. The molecule has 12 aromatic rings. The molecule has 0 saturated heterocycles. The molecule has 290 valence electrons. The zero-order valence-electron chi connectivity index (χ0n) is 33.4. The first-order chi connectivity index (χ1) is 30.7. The fraction of sp³-hybridized carbons (Fsp3) is 0. The predicted molar refractivity (Wildman–Crippen MR) is 264 cm³/mol. The van der Waals surface area contributed by atoms with Gasteiger partial charge in [-0.15, -0.1) is 22.7 Å². The quantitative estimate of drug-likeness (QED) is 0.161. The number of aromatic nitrogens is 3. The molecule has 0 unspecified atom stereocenters. The minimum Gasteiger partial charge on any atom is -0.208 e. The first-order valence-electron chi connectivity index (χ1n) is 20.7. The Hall–Kier alpha value is -7.57. The average Bonchev–Trinajstić information content (AvgIpc) is 3.93. The van der Waals surface area contributed by atoms with Crippen LogP contribution in [-0.2, 0) is 0 Å². The summed E-state index contributed by atoms with van der Waals surface area (Å²) in [5.74, 6) is 1.90. The number of rotatable bonds is 7. The maximum absolute atomic E-state index is 5.19. The van der Waals surface area contributed by atoms with Crippen molar-refractivity contribution in [1.29, 1.82) is 0 Å². The smallest absolute Gasteiger partial charge is 0.164 e. The van der Waals surface area contributed by atoms with Gasteiger partial charge in [0.05, 0.1) is 0 Å². The zero-order chi connectivity index (χ0) is 41.0. The van der Waals surface area contributed by atoms with E-state index in [4.69, 9.17) is 15.0 Å². The van der Waals surface area contributed by atoms with Crippen LogP contribution in [0.4, 0.5) is 0 Å². The van der Waals surface area contributed by atoms with Crippen molar-refractivity contribution >= 4 is 63.0 Å².